The molecule has 0 bridgehead atoms. The molecule has 0 aromatic heterocycles. The fourth-order valence-electron chi connectivity index (χ4n) is 3.37. The Bertz CT molecular complexity index is 466. The van der Waals surface area contributed by atoms with Crippen LogP contribution in [0.1, 0.15) is 40.5 Å². The molecule has 0 radical (unpaired) electrons. The SMILES string of the molecule is CC(C)=C[C@@H]1[C@@H](C(=O)OC[C@H]2CCCN2C(N)=O)C1(C)C. The molecule has 1 heterocycles. The van der Waals surface area contributed by atoms with Crippen LogP contribution in [0.15, 0.2) is 11.6 Å². The Balaban J connectivity index is 1.88. The molecule has 2 amide bonds. The van der Waals surface area contributed by atoms with Crippen LogP contribution in [0.25, 0.3) is 0 Å². The molecule has 2 aliphatic rings. The highest BCUT2D eigenvalue weighted by molar-refractivity contribution is 5.78. The Morgan fingerprint density at radius 2 is 2.05 bits per heavy atom. The third-order valence-corrected chi connectivity index (χ3v) is 4.76. The summed E-state index contributed by atoms with van der Waals surface area (Å²) in [7, 11) is 0. The first-order chi connectivity index (χ1) is 9.75. The number of carbonyl (C=O) groups is 2. The van der Waals surface area contributed by atoms with E-state index in [-0.39, 0.29) is 35.9 Å². The van der Waals surface area contributed by atoms with Crippen molar-refractivity contribution in [2.24, 2.45) is 23.0 Å². The van der Waals surface area contributed by atoms with Crippen molar-refractivity contribution in [3.8, 4) is 0 Å². The van der Waals surface area contributed by atoms with Crippen LogP contribution in [0, 0.1) is 17.3 Å². The molecule has 0 unspecified atom stereocenters. The fraction of sp³-hybridized carbons (Fsp3) is 0.750. The summed E-state index contributed by atoms with van der Waals surface area (Å²) in [5, 5.41) is 0. The summed E-state index contributed by atoms with van der Waals surface area (Å²) in [5.41, 5.74) is 6.51. The average Bonchev–Trinajstić information content (AvgIpc) is 2.77. The van der Waals surface area contributed by atoms with Crippen molar-refractivity contribution in [2.45, 2.75) is 46.6 Å². The minimum absolute atomic E-state index is 0.0343. The van der Waals surface area contributed by atoms with Crippen LogP contribution in [-0.2, 0) is 9.53 Å². The Morgan fingerprint density at radius 3 is 2.62 bits per heavy atom. The van der Waals surface area contributed by atoms with E-state index in [4.69, 9.17) is 10.5 Å². The number of urea groups is 1. The predicted molar refractivity (Wildman–Crippen MR) is 80.5 cm³/mol. The van der Waals surface area contributed by atoms with Crippen LogP contribution in [0.2, 0.25) is 0 Å². The van der Waals surface area contributed by atoms with E-state index < -0.39 is 6.03 Å². The second-order valence-electron chi connectivity index (χ2n) is 7.03. The number of hydrogen-bond donors (Lipinski definition) is 1. The van der Waals surface area contributed by atoms with Gasteiger partial charge < -0.3 is 15.4 Å². The molecule has 2 fully saturated rings. The van der Waals surface area contributed by atoms with Gasteiger partial charge >= 0.3 is 12.0 Å². The number of rotatable bonds is 4. The van der Waals surface area contributed by atoms with E-state index in [1.807, 2.05) is 13.8 Å². The Labute approximate surface area is 126 Å². The summed E-state index contributed by atoms with van der Waals surface area (Å²) in [6.07, 6.45) is 3.92. The van der Waals surface area contributed by atoms with E-state index in [0.29, 0.717) is 6.54 Å². The average molecular weight is 294 g/mol. The summed E-state index contributed by atoms with van der Waals surface area (Å²) >= 11 is 0. The van der Waals surface area contributed by atoms with Gasteiger partial charge in [-0.1, -0.05) is 25.5 Å². The third-order valence-electron chi connectivity index (χ3n) is 4.76. The van der Waals surface area contributed by atoms with Crippen molar-refractivity contribution in [2.75, 3.05) is 13.2 Å². The number of esters is 1. The molecule has 2 rings (SSSR count). The van der Waals surface area contributed by atoms with Gasteiger partial charge in [-0.3, -0.25) is 4.79 Å². The fourth-order valence-corrected chi connectivity index (χ4v) is 3.37. The van der Waals surface area contributed by atoms with Crippen molar-refractivity contribution in [3.05, 3.63) is 11.6 Å². The number of amides is 2. The van der Waals surface area contributed by atoms with Crippen molar-refractivity contribution < 1.29 is 14.3 Å². The molecule has 0 aromatic carbocycles. The standard InChI is InChI=1S/C16H26N2O3/c1-10(2)8-12-13(16(12,3)4)14(19)21-9-11-6-5-7-18(11)15(17)20/h8,11-13H,5-7,9H2,1-4H3,(H2,17,20)/t11-,12-,13+/m1/s1. The first-order valence-corrected chi connectivity index (χ1v) is 7.63. The molecule has 118 valence electrons. The van der Waals surface area contributed by atoms with E-state index >= 15 is 0 Å². The van der Waals surface area contributed by atoms with Crippen molar-refractivity contribution in [1.29, 1.82) is 0 Å². The minimum Gasteiger partial charge on any atom is -0.463 e. The Kier molecular flexibility index (Phi) is 4.30. The van der Waals surface area contributed by atoms with Crippen LogP contribution in [0.4, 0.5) is 4.79 Å². The molecule has 21 heavy (non-hydrogen) atoms. The molecular weight excluding hydrogens is 268 g/mol. The topological polar surface area (TPSA) is 72.6 Å². The van der Waals surface area contributed by atoms with Gasteiger partial charge in [0.15, 0.2) is 0 Å². The number of likely N-dealkylation sites (tertiary alicyclic amines) is 1. The third kappa shape index (κ3) is 3.22. The first kappa shape index (κ1) is 15.9. The van der Waals surface area contributed by atoms with Crippen LogP contribution >= 0.6 is 0 Å². The maximum absolute atomic E-state index is 12.3. The summed E-state index contributed by atoms with van der Waals surface area (Å²) in [5.74, 6) is 0.0282. The van der Waals surface area contributed by atoms with E-state index in [1.54, 1.807) is 4.90 Å². The molecule has 3 atom stereocenters. The number of ether oxygens (including phenoxy) is 1. The van der Waals surface area contributed by atoms with E-state index in [1.165, 1.54) is 5.57 Å². The number of nitrogens with two attached hydrogens (primary N) is 1. The quantitative estimate of drug-likeness (QED) is 0.639. The highest BCUT2D eigenvalue weighted by atomic mass is 16.5. The lowest BCUT2D eigenvalue weighted by molar-refractivity contribution is -0.147. The van der Waals surface area contributed by atoms with Crippen LogP contribution in [-0.4, -0.2) is 36.1 Å². The van der Waals surface area contributed by atoms with Crippen molar-refractivity contribution in [1.82, 2.24) is 4.90 Å². The molecule has 2 N–H and O–H groups in total. The maximum atomic E-state index is 12.3. The van der Waals surface area contributed by atoms with Crippen molar-refractivity contribution in [3.63, 3.8) is 0 Å². The van der Waals surface area contributed by atoms with Gasteiger partial charge in [-0.25, -0.2) is 4.79 Å². The zero-order valence-electron chi connectivity index (χ0n) is 13.4. The van der Waals surface area contributed by atoms with Gasteiger partial charge in [0.2, 0.25) is 0 Å². The zero-order valence-corrected chi connectivity index (χ0v) is 13.4. The minimum atomic E-state index is -0.428. The Morgan fingerprint density at radius 1 is 1.38 bits per heavy atom. The molecule has 1 saturated heterocycles. The number of allylic oxidation sites excluding steroid dienone is 2. The largest absolute Gasteiger partial charge is 0.463 e. The highest BCUT2D eigenvalue weighted by Gasteiger charge is 2.61. The lowest BCUT2D eigenvalue weighted by Gasteiger charge is -2.22. The lowest BCUT2D eigenvalue weighted by Crippen LogP contribution is -2.42. The van der Waals surface area contributed by atoms with Crippen molar-refractivity contribution >= 4 is 12.0 Å². The molecule has 5 heteroatoms. The Hall–Kier alpha value is -1.52. The van der Waals surface area contributed by atoms with Gasteiger partial charge in [-0.15, -0.1) is 0 Å². The summed E-state index contributed by atoms with van der Waals surface area (Å²) in [4.78, 5) is 25.1. The van der Waals surface area contributed by atoms with Gasteiger partial charge in [0.1, 0.15) is 6.61 Å². The summed E-state index contributed by atoms with van der Waals surface area (Å²) in [6.45, 7) is 9.19. The van der Waals surface area contributed by atoms with E-state index in [2.05, 4.69) is 19.9 Å². The van der Waals surface area contributed by atoms with Gasteiger partial charge in [-0.2, -0.15) is 0 Å². The van der Waals surface area contributed by atoms with E-state index in [9.17, 15) is 9.59 Å². The van der Waals surface area contributed by atoms with Crippen LogP contribution in [0.5, 0.6) is 0 Å². The highest BCUT2D eigenvalue weighted by Crippen LogP contribution is 2.59. The van der Waals surface area contributed by atoms with Gasteiger partial charge in [-0.05, 0) is 38.0 Å². The van der Waals surface area contributed by atoms with Crippen LogP contribution in [0.3, 0.4) is 0 Å². The molecule has 0 spiro atoms. The number of nitrogens with zero attached hydrogens (tertiary/aromatic N) is 1. The molecule has 0 aromatic rings. The molecular formula is C16H26N2O3. The van der Waals surface area contributed by atoms with Gasteiger partial charge in [0, 0.05) is 6.54 Å². The second kappa shape index (κ2) is 5.70. The van der Waals surface area contributed by atoms with Crippen LogP contribution < -0.4 is 5.73 Å². The van der Waals surface area contributed by atoms with Gasteiger partial charge in [0.25, 0.3) is 0 Å². The molecule has 1 aliphatic carbocycles. The number of hydrogen-bond acceptors (Lipinski definition) is 3. The molecule has 1 aliphatic heterocycles. The first-order valence-electron chi connectivity index (χ1n) is 7.63. The number of carbonyl (C=O) groups excluding carboxylic acids is 2. The van der Waals surface area contributed by atoms with E-state index in [0.717, 1.165) is 12.8 Å². The maximum Gasteiger partial charge on any atom is 0.315 e. The second-order valence-corrected chi connectivity index (χ2v) is 7.03. The lowest BCUT2D eigenvalue weighted by atomic mass is 10.1. The smallest absolute Gasteiger partial charge is 0.315 e. The summed E-state index contributed by atoms with van der Waals surface area (Å²) < 4.78 is 5.46. The monoisotopic (exact) mass is 294 g/mol. The number of primary amides is 1. The predicted octanol–water partition coefficient (Wildman–Crippen LogP) is 2.31. The molecule has 5 nitrogen and oxygen atoms in total. The summed E-state index contributed by atoms with van der Waals surface area (Å²) in [6, 6.07) is -0.488. The van der Waals surface area contributed by atoms with Gasteiger partial charge in [0.05, 0.1) is 12.0 Å². The normalized spacial score (nSPS) is 29.9. The molecule has 1 saturated carbocycles. The zero-order chi connectivity index (χ0) is 15.8.